The lowest BCUT2D eigenvalue weighted by Gasteiger charge is -2.10. The van der Waals surface area contributed by atoms with Gasteiger partial charge in [0.15, 0.2) is 5.13 Å². The number of anilines is 1. The fraction of sp³-hybridized carbons (Fsp3) is 0.500. The van der Waals surface area contributed by atoms with E-state index in [2.05, 4.69) is 16.8 Å². The minimum Gasteiger partial charge on any atom is -0.351 e. The van der Waals surface area contributed by atoms with E-state index in [0.717, 1.165) is 22.2 Å². The molecule has 0 saturated heterocycles. The molecule has 0 aliphatic carbocycles. The van der Waals surface area contributed by atoms with Crippen LogP contribution in [-0.4, -0.2) is 43.5 Å². The molecule has 1 rings (SSSR count). The maximum Gasteiger partial charge on any atom is 0.246 e. The number of hydrogen-bond acceptors (Lipinski definition) is 4. The van der Waals surface area contributed by atoms with Gasteiger partial charge in [0.25, 0.3) is 0 Å². The Hall–Kier alpha value is -1.36. The SMILES string of the molecule is CCN(C)c1nc(C)c(C=CC(=O)N(C)C)s1. The molecule has 0 atom stereocenters. The highest BCUT2D eigenvalue weighted by Gasteiger charge is 2.08. The second-order valence-electron chi connectivity index (χ2n) is 4.03. The highest BCUT2D eigenvalue weighted by atomic mass is 32.1. The number of aryl methyl sites for hydroxylation is 1. The number of thiazole rings is 1. The largest absolute Gasteiger partial charge is 0.351 e. The van der Waals surface area contributed by atoms with Crippen molar-refractivity contribution in [2.24, 2.45) is 0 Å². The summed E-state index contributed by atoms with van der Waals surface area (Å²) in [4.78, 5) is 20.6. The molecule has 0 fully saturated rings. The number of rotatable bonds is 4. The first-order valence-corrected chi connectivity index (χ1v) is 6.35. The van der Waals surface area contributed by atoms with Crippen LogP contribution < -0.4 is 4.90 Å². The second kappa shape index (κ2) is 5.82. The van der Waals surface area contributed by atoms with Gasteiger partial charge in [-0.25, -0.2) is 4.98 Å². The lowest BCUT2D eigenvalue weighted by Crippen LogP contribution is -2.18. The van der Waals surface area contributed by atoms with E-state index in [0.29, 0.717) is 0 Å². The summed E-state index contributed by atoms with van der Waals surface area (Å²) in [6, 6.07) is 0. The highest BCUT2D eigenvalue weighted by Crippen LogP contribution is 2.26. The molecule has 17 heavy (non-hydrogen) atoms. The Labute approximate surface area is 107 Å². The first-order valence-electron chi connectivity index (χ1n) is 5.53. The Morgan fingerprint density at radius 2 is 2.06 bits per heavy atom. The molecule has 0 radical (unpaired) electrons. The first-order chi connectivity index (χ1) is 7.95. The Kier molecular flexibility index (Phi) is 4.69. The van der Waals surface area contributed by atoms with Crippen LogP contribution in [0.4, 0.5) is 5.13 Å². The van der Waals surface area contributed by atoms with Gasteiger partial charge in [-0.1, -0.05) is 11.3 Å². The molecule has 0 saturated carbocycles. The number of carbonyl (C=O) groups is 1. The number of likely N-dealkylation sites (N-methyl/N-ethyl adjacent to an activating group) is 1. The summed E-state index contributed by atoms with van der Waals surface area (Å²) >= 11 is 1.60. The van der Waals surface area contributed by atoms with Crippen molar-refractivity contribution in [3.8, 4) is 0 Å². The van der Waals surface area contributed by atoms with Crippen molar-refractivity contribution in [1.82, 2.24) is 9.88 Å². The molecule has 1 aromatic rings. The van der Waals surface area contributed by atoms with E-state index in [1.807, 2.05) is 20.0 Å². The molecule has 0 bridgehead atoms. The zero-order chi connectivity index (χ0) is 13.0. The minimum atomic E-state index is -0.0109. The lowest BCUT2D eigenvalue weighted by molar-refractivity contribution is -0.123. The smallest absolute Gasteiger partial charge is 0.246 e. The van der Waals surface area contributed by atoms with Crippen molar-refractivity contribution >= 4 is 28.5 Å². The molecule has 0 spiro atoms. The minimum absolute atomic E-state index is 0.0109. The molecule has 94 valence electrons. The van der Waals surface area contributed by atoms with Crippen LogP contribution in [-0.2, 0) is 4.79 Å². The number of aromatic nitrogens is 1. The molecule has 5 heteroatoms. The van der Waals surface area contributed by atoms with Gasteiger partial charge in [-0.3, -0.25) is 4.79 Å². The van der Waals surface area contributed by atoms with Gasteiger partial charge in [-0.15, -0.1) is 0 Å². The van der Waals surface area contributed by atoms with Crippen molar-refractivity contribution in [1.29, 1.82) is 0 Å². The standard InChI is InChI=1S/C12H19N3OS/c1-6-15(5)12-13-9(2)10(17-12)7-8-11(16)14(3)4/h7-8H,6H2,1-5H3. The molecule has 0 unspecified atom stereocenters. The Morgan fingerprint density at radius 1 is 1.41 bits per heavy atom. The number of nitrogens with zero attached hydrogens (tertiary/aromatic N) is 3. The van der Waals surface area contributed by atoms with Gasteiger partial charge in [0, 0.05) is 33.8 Å². The summed E-state index contributed by atoms with van der Waals surface area (Å²) in [6.07, 6.45) is 3.42. The van der Waals surface area contributed by atoms with Gasteiger partial charge < -0.3 is 9.80 Å². The zero-order valence-electron chi connectivity index (χ0n) is 11.0. The molecule has 1 heterocycles. The van der Waals surface area contributed by atoms with Gasteiger partial charge in [0.05, 0.1) is 10.6 Å². The summed E-state index contributed by atoms with van der Waals surface area (Å²) in [7, 11) is 5.49. The normalized spacial score (nSPS) is 10.9. The Balaban J connectivity index is 2.85. The van der Waals surface area contributed by atoms with Crippen molar-refractivity contribution in [3.63, 3.8) is 0 Å². The van der Waals surface area contributed by atoms with Crippen molar-refractivity contribution in [2.45, 2.75) is 13.8 Å². The van der Waals surface area contributed by atoms with E-state index in [1.165, 1.54) is 0 Å². The molecule has 4 nitrogen and oxygen atoms in total. The fourth-order valence-corrected chi connectivity index (χ4v) is 2.14. The third-order valence-corrected chi connectivity index (χ3v) is 3.68. The van der Waals surface area contributed by atoms with Gasteiger partial charge >= 0.3 is 0 Å². The molecular weight excluding hydrogens is 234 g/mol. The Bertz CT molecular complexity index is 423. The summed E-state index contributed by atoms with van der Waals surface area (Å²) in [5, 5.41) is 0.988. The van der Waals surface area contributed by atoms with E-state index >= 15 is 0 Å². The molecule has 1 aromatic heterocycles. The zero-order valence-corrected chi connectivity index (χ0v) is 11.8. The topological polar surface area (TPSA) is 36.4 Å². The highest BCUT2D eigenvalue weighted by molar-refractivity contribution is 7.16. The fourth-order valence-electron chi connectivity index (χ4n) is 1.14. The number of carbonyl (C=O) groups excluding carboxylic acids is 1. The second-order valence-corrected chi connectivity index (χ2v) is 5.04. The maximum absolute atomic E-state index is 11.4. The maximum atomic E-state index is 11.4. The van der Waals surface area contributed by atoms with Crippen LogP contribution in [0.25, 0.3) is 6.08 Å². The van der Waals surface area contributed by atoms with E-state index in [-0.39, 0.29) is 5.91 Å². The van der Waals surface area contributed by atoms with Gasteiger partial charge in [0.1, 0.15) is 0 Å². The van der Waals surface area contributed by atoms with E-state index < -0.39 is 0 Å². The molecular formula is C12H19N3OS. The van der Waals surface area contributed by atoms with Crippen LogP contribution in [0.1, 0.15) is 17.5 Å². The van der Waals surface area contributed by atoms with Crippen LogP contribution in [0.3, 0.4) is 0 Å². The van der Waals surface area contributed by atoms with Gasteiger partial charge in [-0.05, 0) is 19.9 Å². The summed E-state index contributed by atoms with van der Waals surface area (Å²) < 4.78 is 0. The summed E-state index contributed by atoms with van der Waals surface area (Å²) in [5.41, 5.74) is 0.966. The van der Waals surface area contributed by atoms with E-state index in [1.54, 1.807) is 36.4 Å². The monoisotopic (exact) mass is 253 g/mol. The number of hydrogen-bond donors (Lipinski definition) is 0. The Morgan fingerprint density at radius 3 is 2.59 bits per heavy atom. The van der Waals surface area contributed by atoms with E-state index in [4.69, 9.17) is 0 Å². The van der Waals surface area contributed by atoms with Crippen molar-refractivity contribution in [2.75, 3.05) is 32.6 Å². The molecule has 0 aliphatic heterocycles. The third kappa shape index (κ3) is 3.56. The van der Waals surface area contributed by atoms with Gasteiger partial charge in [0.2, 0.25) is 5.91 Å². The molecule has 0 aromatic carbocycles. The summed E-state index contributed by atoms with van der Waals surface area (Å²) in [6.45, 7) is 4.97. The molecule has 0 N–H and O–H groups in total. The van der Waals surface area contributed by atoms with Crippen LogP contribution in [0.2, 0.25) is 0 Å². The summed E-state index contributed by atoms with van der Waals surface area (Å²) in [5.74, 6) is -0.0109. The van der Waals surface area contributed by atoms with Crippen LogP contribution >= 0.6 is 11.3 Å². The van der Waals surface area contributed by atoms with Crippen LogP contribution in [0.15, 0.2) is 6.08 Å². The average molecular weight is 253 g/mol. The van der Waals surface area contributed by atoms with Gasteiger partial charge in [-0.2, -0.15) is 0 Å². The molecule has 1 amide bonds. The van der Waals surface area contributed by atoms with Crippen molar-refractivity contribution in [3.05, 3.63) is 16.6 Å². The number of amides is 1. The lowest BCUT2D eigenvalue weighted by atomic mass is 10.3. The predicted octanol–water partition coefficient (Wildman–Crippen LogP) is 2.01. The van der Waals surface area contributed by atoms with Crippen LogP contribution in [0, 0.1) is 6.92 Å². The first kappa shape index (κ1) is 13.7. The van der Waals surface area contributed by atoms with Crippen molar-refractivity contribution < 1.29 is 4.79 Å². The third-order valence-electron chi connectivity index (χ3n) is 2.44. The van der Waals surface area contributed by atoms with Crippen LogP contribution in [0.5, 0.6) is 0 Å². The van der Waals surface area contributed by atoms with E-state index in [9.17, 15) is 4.79 Å². The average Bonchev–Trinajstić information content (AvgIpc) is 2.66. The molecule has 0 aliphatic rings. The predicted molar refractivity (Wildman–Crippen MR) is 73.5 cm³/mol. The quantitative estimate of drug-likeness (QED) is 0.770.